The zero-order valence-corrected chi connectivity index (χ0v) is 13.8. The SMILES string of the molecule is Cc1nc2ccccc2n1CC(=O)N[C@H](C)c1ccc(Cl)cc1. The van der Waals surface area contributed by atoms with Crippen LogP contribution in [0.2, 0.25) is 5.02 Å². The summed E-state index contributed by atoms with van der Waals surface area (Å²) in [7, 11) is 0. The van der Waals surface area contributed by atoms with Gasteiger partial charge in [0.25, 0.3) is 0 Å². The summed E-state index contributed by atoms with van der Waals surface area (Å²) < 4.78 is 1.93. The normalized spacial score (nSPS) is 12.3. The smallest absolute Gasteiger partial charge is 0.240 e. The summed E-state index contributed by atoms with van der Waals surface area (Å²) in [6, 6.07) is 15.2. The third kappa shape index (κ3) is 3.37. The number of hydrogen-bond donors (Lipinski definition) is 1. The fraction of sp³-hybridized carbons (Fsp3) is 0.222. The van der Waals surface area contributed by atoms with Crippen molar-refractivity contribution in [1.82, 2.24) is 14.9 Å². The molecule has 0 saturated heterocycles. The summed E-state index contributed by atoms with van der Waals surface area (Å²) >= 11 is 5.89. The predicted octanol–water partition coefficient (Wildman–Crippen LogP) is 3.88. The van der Waals surface area contributed by atoms with Crippen LogP contribution in [0.1, 0.15) is 24.4 Å². The highest BCUT2D eigenvalue weighted by atomic mass is 35.5. The third-order valence-electron chi connectivity index (χ3n) is 3.89. The summed E-state index contributed by atoms with van der Waals surface area (Å²) in [6.45, 7) is 4.13. The van der Waals surface area contributed by atoms with Gasteiger partial charge in [-0.2, -0.15) is 0 Å². The lowest BCUT2D eigenvalue weighted by Crippen LogP contribution is -2.30. The Kier molecular flexibility index (Phi) is 4.35. The van der Waals surface area contributed by atoms with E-state index in [-0.39, 0.29) is 18.5 Å². The fourth-order valence-corrected chi connectivity index (χ4v) is 2.79. The van der Waals surface area contributed by atoms with Crippen molar-refractivity contribution < 1.29 is 4.79 Å². The molecule has 1 amide bonds. The van der Waals surface area contributed by atoms with E-state index in [4.69, 9.17) is 11.6 Å². The van der Waals surface area contributed by atoms with Gasteiger partial charge in [0.15, 0.2) is 0 Å². The highest BCUT2D eigenvalue weighted by molar-refractivity contribution is 6.30. The molecule has 1 N–H and O–H groups in total. The second kappa shape index (κ2) is 6.42. The van der Waals surface area contributed by atoms with Crippen molar-refractivity contribution in [3.8, 4) is 0 Å². The molecule has 0 radical (unpaired) electrons. The summed E-state index contributed by atoms with van der Waals surface area (Å²) in [5, 5.41) is 3.70. The van der Waals surface area contributed by atoms with Crippen LogP contribution in [-0.2, 0) is 11.3 Å². The molecule has 4 nitrogen and oxygen atoms in total. The Labute approximate surface area is 140 Å². The Morgan fingerprint density at radius 1 is 1.22 bits per heavy atom. The number of hydrogen-bond acceptors (Lipinski definition) is 2. The predicted molar refractivity (Wildman–Crippen MR) is 92.5 cm³/mol. The molecule has 0 aliphatic heterocycles. The molecular formula is C18H18ClN3O. The van der Waals surface area contributed by atoms with Crippen LogP contribution in [0.25, 0.3) is 11.0 Å². The van der Waals surface area contributed by atoms with E-state index in [2.05, 4.69) is 10.3 Å². The molecule has 1 heterocycles. The molecule has 1 atom stereocenters. The van der Waals surface area contributed by atoms with Crippen molar-refractivity contribution in [2.45, 2.75) is 26.4 Å². The van der Waals surface area contributed by atoms with Gasteiger partial charge in [-0.15, -0.1) is 0 Å². The van der Waals surface area contributed by atoms with Gasteiger partial charge in [-0.3, -0.25) is 4.79 Å². The van der Waals surface area contributed by atoms with Crippen LogP contribution in [0.15, 0.2) is 48.5 Å². The molecule has 23 heavy (non-hydrogen) atoms. The van der Waals surface area contributed by atoms with Gasteiger partial charge < -0.3 is 9.88 Å². The number of nitrogens with one attached hydrogen (secondary N) is 1. The Hall–Kier alpha value is -2.33. The first-order chi connectivity index (χ1) is 11.0. The minimum absolute atomic E-state index is 0.0429. The summed E-state index contributed by atoms with van der Waals surface area (Å²) in [6.07, 6.45) is 0. The molecule has 0 spiro atoms. The van der Waals surface area contributed by atoms with Crippen molar-refractivity contribution in [1.29, 1.82) is 0 Å². The molecular weight excluding hydrogens is 310 g/mol. The molecule has 0 saturated carbocycles. The van der Waals surface area contributed by atoms with E-state index in [1.807, 2.05) is 66.9 Å². The quantitative estimate of drug-likeness (QED) is 0.790. The van der Waals surface area contributed by atoms with Crippen LogP contribution in [0, 0.1) is 6.92 Å². The Morgan fingerprint density at radius 2 is 1.91 bits per heavy atom. The van der Waals surface area contributed by atoms with E-state index < -0.39 is 0 Å². The zero-order chi connectivity index (χ0) is 16.4. The molecule has 0 fully saturated rings. The van der Waals surface area contributed by atoms with Crippen LogP contribution in [0.3, 0.4) is 0 Å². The Balaban J connectivity index is 1.73. The van der Waals surface area contributed by atoms with Crippen molar-refractivity contribution in [2.24, 2.45) is 0 Å². The van der Waals surface area contributed by atoms with Crippen LogP contribution in [0.5, 0.6) is 0 Å². The minimum Gasteiger partial charge on any atom is -0.348 e. The van der Waals surface area contributed by atoms with Crippen LogP contribution >= 0.6 is 11.6 Å². The number of aromatic nitrogens is 2. The highest BCUT2D eigenvalue weighted by Crippen LogP contribution is 2.17. The van der Waals surface area contributed by atoms with Gasteiger partial charge in [-0.25, -0.2) is 4.98 Å². The molecule has 0 unspecified atom stereocenters. The molecule has 3 aromatic rings. The molecule has 118 valence electrons. The van der Waals surface area contributed by atoms with Crippen molar-refractivity contribution in [3.63, 3.8) is 0 Å². The number of rotatable bonds is 4. The van der Waals surface area contributed by atoms with Gasteiger partial charge in [-0.05, 0) is 43.7 Å². The average molecular weight is 328 g/mol. The lowest BCUT2D eigenvalue weighted by Gasteiger charge is -2.15. The lowest BCUT2D eigenvalue weighted by molar-refractivity contribution is -0.122. The van der Waals surface area contributed by atoms with Gasteiger partial charge in [0.2, 0.25) is 5.91 Å². The Bertz CT molecular complexity index is 839. The monoisotopic (exact) mass is 327 g/mol. The molecule has 5 heteroatoms. The molecule has 0 bridgehead atoms. The van der Waals surface area contributed by atoms with Crippen LogP contribution in [-0.4, -0.2) is 15.5 Å². The number of halogens is 1. The summed E-state index contributed by atoms with van der Waals surface area (Å²) in [5.74, 6) is 0.791. The number of benzene rings is 2. The number of aryl methyl sites for hydroxylation is 1. The largest absolute Gasteiger partial charge is 0.348 e. The number of amides is 1. The van der Waals surface area contributed by atoms with Gasteiger partial charge in [0.1, 0.15) is 12.4 Å². The molecule has 2 aromatic carbocycles. The van der Waals surface area contributed by atoms with Crippen LogP contribution < -0.4 is 5.32 Å². The number of imidazole rings is 1. The first-order valence-corrected chi connectivity index (χ1v) is 7.89. The van der Waals surface area contributed by atoms with E-state index in [0.717, 1.165) is 22.4 Å². The number of nitrogens with zero attached hydrogens (tertiary/aromatic N) is 2. The fourth-order valence-electron chi connectivity index (χ4n) is 2.66. The maximum absolute atomic E-state index is 12.4. The third-order valence-corrected chi connectivity index (χ3v) is 4.15. The van der Waals surface area contributed by atoms with E-state index in [1.54, 1.807) is 0 Å². The molecule has 3 rings (SSSR count). The van der Waals surface area contributed by atoms with Gasteiger partial charge >= 0.3 is 0 Å². The van der Waals surface area contributed by atoms with E-state index >= 15 is 0 Å². The summed E-state index contributed by atoms with van der Waals surface area (Å²) in [5.41, 5.74) is 2.90. The number of carbonyl (C=O) groups excluding carboxylic acids is 1. The second-order valence-electron chi connectivity index (χ2n) is 5.57. The van der Waals surface area contributed by atoms with Gasteiger partial charge in [0, 0.05) is 5.02 Å². The molecule has 0 aliphatic carbocycles. The van der Waals surface area contributed by atoms with Crippen LogP contribution in [0.4, 0.5) is 0 Å². The highest BCUT2D eigenvalue weighted by Gasteiger charge is 2.13. The maximum atomic E-state index is 12.4. The minimum atomic E-state index is -0.0742. The Morgan fingerprint density at radius 3 is 2.65 bits per heavy atom. The van der Waals surface area contributed by atoms with E-state index in [9.17, 15) is 4.79 Å². The molecule has 0 aliphatic rings. The topological polar surface area (TPSA) is 46.9 Å². The van der Waals surface area contributed by atoms with E-state index in [1.165, 1.54) is 0 Å². The summed E-state index contributed by atoms with van der Waals surface area (Å²) in [4.78, 5) is 16.9. The number of carbonyl (C=O) groups is 1. The lowest BCUT2D eigenvalue weighted by atomic mass is 10.1. The standard InChI is InChI=1S/C18H18ClN3O/c1-12(14-7-9-15(19)10-8-14)20-18(23)11-22-13(2)21-16-5-3-4-6-17(16)22/h3-10,12H,11H2,1-2H3,(H,20,23)/t12-/m1/s1. The van der Waals surface area contributed by atoms with E-state index in [0.29, 0.717) is 5.02 Å². The molecule has 1 aromatic heterocycles. The van der Waals surface area contributed by atoms with Gasteiger partial charge in [0.05, 0.1) is 17.1 Å². The van der Waals surface area contributed by atoms with Crippen molar-refractivity contribution >= 4 is 28.5 Å². The number of fused-ring (bicyclic) bond motifs is 1. The van der Waals surface area contributed by atoms with Crippen molar-refractivity contribution in [2.75, 3.05) is 0 Å². The first-order valence-electron chi connectivity index (χ1n) is 7.51. The maximum Gasteiger partial charge on any atom is 0.240 e. The van der Waals surface area contributed by atoms with Crippen molar-refractivity contribution in [3.05, 3.63) is 64.9 Å². The number of para-hydroxylation sites is 2. The second-order valence-corrected chi connectivity index (χ2v) is 6.01. The average Bonchev–Trinajstić information content (AvgIpc) is 2.84. The first kappa shape index (κ1) is 15.6. The zero-order valence-electron chi connectivity index (χ0n) is 13.1. The van der Waals surface area contributed by atoms with Gasteiger partial charge in [-0.1, -0.05) is 35.9 Å².